The molecule has 208 valence electrons. The largest absolute Gasteiger partial charge is 0.326 e. The van der Waals surface area contributed by atoms with Gasteiger partial charge in [0.1, 0.15) is 5.03 Å². The molecule has 0 aliphatic carbocycles. The van der Waals surface area contributed by atoms with Gasteiger partial charge in [0.25, 0.3) is 11.8 Å². The lowest BCUT2D eigenvalue weighted by Gasteiger charge is -2.09. The molecule has 41 heavy (non-hydrogen) atoms. The fraction of sp³-hybridized carbons (Fsp3) is 0. The molecule has 0 aliphatic rings. The van der Waals surface area contributed by atoms with Crippen molar-refractivity contribution in [2.75, 3.05) is 5.32 Å². The highest BCUT2D eigenvalue weighted by atomic mass is 35.5. The number of aliphatic imine (C=N–C) groups is 1. The van der Waals surface area contributed by atoms with Crippen molar-refractivity contribution in [2.24, 2.45) is 4.99 Å². The van der Waals surface area contributed by atoms with Crippen molar-refractivity contribution in [3.63, 3.8) is 0 Å². The summed E-state index contributed by atoms with van der Waals surface area (Å²) in [4.78, 5) is 53.3. The van der Waals surface area contributed by atoms with E-state index in [9.17, 15) is 19.2 Å². The first-order chi connectivity index (χ1) is 19.6. The molecule has 4 rings (SSSR count). The number of hydrogen-bond donors (Lipinski definition) is 2. The molecule has 2 N–H and O–H groups in total. The molecule has 4 aromatic rings. The monoisotopic (exact) mass is 666 g/mol. The highest BCUT2D eigenvalue weighted by Gasteiger charge is 2.17. The van der Waals surface area contributed by atoms with Crippen molar-refractivity contribution in [2.45, 2.75) is 9.92 Å². The smallest absolute Gasteiger partial charge is 0.306 e. The number of imide groups is 1. The normalized spacial score (nSPS) is 9.98. The number of hydrogen-bond acceptors (Lipinski definition) is 6. The van der Waals surface area contributed by atoms with E-state index in [1.165, 1.54) is 42.2 Å². The van der Waals surface area contributed by atoms with E-state index in [1.807, 2.05) is 12.1 Å². The molecule has 0 bridgehead atoms. The van der Waals surface area contributed by atoms with Crippen LogP contribution in [0, 0.1) is 0 Å². The molecule has 8 nitrogen and oxygen atoms in total. The van der Waals surface area contributed by atoms with Crippen LogP contribution < -0.4 is 10.6 Å². The number of rotatable bonds is 5. The number of urea groups is 1. The maximum Gasteiger partial charge on any atom is 0.326 e. The predicted molar refractivity (Wildman–Crippen MR) is 162 cm³/mol. The maximum atomic E-state index is 12.2. The zero-order valence-electron chi connectivity index (χ0n) is 20.3. The van der Waals surface area contributed by atoms with E-state index >= 15 is 0 Å². The van der Waals surface area contributed by atoms with Crippen molar-refractivity contribution in [3.8, 4) is 0 Å². The molecular formula is C27H15Cl5N4O4S. The summed E-state index contributed by atoms with van der Waals surface area (Å²) in [6.45, 7) is 0. The Hall–Kier alpha value is -3.40. The molecule has 1 heterocycles. The highest BCUT2D eigenvalue weighted by molar-refractivity contribution is 7.99. The molecule has 14 heteroatoms. The molecule has 0 saturated heterocycles. The molecule has 3 aromatic carbocycles. The van der Waals surface area contributed by atoms with E-state index in [-0.39, 0.29) is 31.2 Å². The van der Waals surface area contributed by atoms with Crippen LogP contribution >= 0.6 is 69.8 Å². The lowest BCUT2D eigenvalue weighted by molar-refractivity contribution is 0.0965. The van der Waals surface area contributed by atoms with Gasteiger partial charge in [-0.15, -0.1) is 4.99 Å². The minimum absolute atomic E-state index is 0.0224. The molecule has 4 amide bonds. The van der Waals surface area contributed by atoms with Crippen LogP contribution in [0.15, 0.2) is 93.9 Å². The van der Waals surface area contributed by atoms with Crippen molar-refractivity contribution >= 4 is 99.4 Å². The predicted octanol–water partition coefficient (Wildman–Crippen LogP) is 8.62. The Morgan fingerprint density at radius 3 is 1.83 bits per heavy atom. The molecule has 0 atom stereocenters. The molecule has 0 unspecified atom stereocenters. The molecule has 0 fully saturated rings. The number of amides is 4. The summed E-state index contributed by atoms with van der Waals surface area (Å²) in [6.07, 6.45) is 2.62. The van der Waals surface area contributed by atoms with Gasteiger partial charge in [0.15, 0.2) is 0 Å². The van der Waals surface area contributed by atoms with Gasteiger partial charge in [-0.25, -0.2) is 14.6 Å². The Morgan fingerprint density at radius 1 is 0.756 bits per heavy atom. The van der Waals surface area contributed by atoms with Gasteiger partial charge in [0, 0.05) is 9.92 Å². The van der Waals surface area contributed by atoms with Gasteiger partial charge in [0.2, 0.25) is 6.08 Å². The van der Waals surface area contributed by atoms with E-state index in [0.717, 1.165) is 16.0 Å². The summed E-state index contributed by atoms with van der Waals surface area (Å²) < 4.78 is 0. The summed E-state index contributed by atoms with van der Waals surface area (Å²) in [6, 6.07) is 19.3. The third-order valence-electron chi connectivity index (χ3n) is 4.77. The van der Waals surface area contributed by atoms with Crippen molar-refractivity contribution in [1.29, 1.82) is 0 Å². The maximum absolute atomic E-state index is 12.2. The van der Waals surface area contributed by atoms with E-state index in [0.29, 0.717) is 10.7 Å². The topological polar surface area (TPSA) is 118 Å². The first-order valence-corrected chi connectivity index (χ1v) is 13.8. The van der Waals surface area contributed by atoms with Crippen LogP contribution in [0.25, 0.3) is 0 Å². The average Bonchev–Trinajstić information content (AvgIpc) is 2.91. The number of aromatic nitrogens is 1. The highest BCUT2D eigenvalue weighted by Crippen LogP contribution is 2.28. The summed E-state index contributed by atoms with van der Waals surface area (Å²) in [7, 11) is 0. The van der Waals surface area contributed by atoms with Crippen LogP contribution in [-0.4, -0.2) is 28.9 Å². The van der Waals surface area contributed by atoms with Gasteiger partial charge in [-0.3, -0.25) is 14.9 Å². The van der Waals surface area contributed by atoms with Crippen LogP contribution in [0.5, 0.6) is 0 Å². The Morgan fingerprint density at radius 2 is 1.32 bits per heavy atom. The number of carbonyl (C=O) groups is 3. The fourth-order valence-corrected chi connectivity index (χ4v) is 4.99. The number of nitrogens with zero attached hydrogens (tertiary/aromatic N) is 2. The van der Waals surface area contributed by atoms with Crippen molar-refractivity contribution in [1.82, 2.24) is 10.3 Å². The Labute approximate surface area is 263 Å². The van der Waals surface area contributed by atoms with E-state index < -0.39 is 17.8 Å². The molecular weight excluding hydrogens is 654 g/mol. The summed E-state index contributed by atoms with van der Waals surface area (Å²) in [5, 5.41) is 6.76. The van der Waals surface area contributed by atoms with Crippen LogP contribution in [0.1, 0.15) is 20.7 Å². The number of nitrogens with one attached hydrogen (secondary N) is 2. The van der Waals surface area contributed by atoms with Crippen LogP contribution in [0.4, 0.5) is 10.5 Å². The van der Waals surface area contributed by atoms with E-state index in [2.05, 4.69) is 20.6 Å². The molecule has 0 saturated carbocycles. The summed E-state index contributed by atoms with van der Waals surface area (Å²) in [5.74, 6) is -1.48. The third-order valence-corrected chi connectivity index (χ3v) is 7.24. The number of carbonyl (C=O) groups excluding carboxylic acids is 4. The zero-order valence-corrected chi connectivity index (χ0v) is 24.9. The fourth-order valence-electron chi connectivity index (χ4n) is 2.98. The molecule has 1 aromatic heterocycles. The number of anilines is 1. The third kappa shape index (κ3) is 9.59. The summed E-state index contributed by atoms with van der Waals surface area (Å²) >= 11 is 30.6. The van der Waals surface area contributed by atoms with Crippen LogP contribution in [0.2, 0.25) is 25.1 Å². The second kappa shape index (κ2) is 15.6. The molecule has 0 spiro atoms. The van der Waals surface area contributed by atoms with Gasteiger partial charge < -0.3 is 5.32 Å². The van der Waals surface area contributed by atoms with Gasteiger partial charge in [-0.2, -0.15) is 0 Å². The Bertz CT molecular complexity index is 1590. The minimum atomic E-state index is -0.786. The second-order valence-corrected chi connectivity index (χ2v) is 10.7. The van der Waals surface area contributed by atoms with Crippen LogP contribution in [0.3, 0.4) is 0 Å². The van der Waals surface area contributed by atoms with E-state index in [1.54, 1.807) is 36.4 Å². The second-order valence-electron chi connectivity index (χ2n) is 7.55. The van der Waals surface area contributed by atoms with E-state index in [4.69, 9.17) is 58.0 Å². The van der Waals surface area contributed by atoms with Crippen molar-refractivity contribution in [3.05, 3.63) is 115 Å². The van der Waals surface area contributed by atoms with Crippen LogP contribution in [-0.2, 0) is 4.79 Å². The SMILES string of the molecule is O=C(NC(=O)c1c(Cl)cccc1Cl)Nc1ccc(Sc2ccc(Cl)cc2)nc1.O=C=NC(=O)c1c(Cl)cccc1Cl. The van der Waals surface area contributed by atoms with Gasteiger partial charge in [0.05, 0.1) is 43.1 Å². The van der Waals surface area contributed by atoms with Gasteiger partial charge in [-0.05, 0) is 60.7 Å². The Kier molecular flexibility index (Phi) is 12.2. The molecule has 0 aliphatic heterocycles. The lowest BCUT2D eigenvalue weighted by Crippen LogP contribution is -2.34. The quantitative estimate of drug-likeness (QED) is 0.162. The zero-order chi connectivity index (χ0) is 29.9. The lowest BCUT2D eigenvalue weighted by atomic mass is 10.2. The number of benzene rings is 3. The van der Waals surface area contributed by atoms with Gasteiger partial charge in [-0.1, -0.05) is 81.9 Å². The minimum Gasteiger partial charge on any atom is -0.306 e. The van der Waals surface area contributed by atoms with Crippen molar-refractivity contribution < 1.29 is 19.2 Å². The number of isocyanates is 1. The molecule has 0 radical (unpaired) electrons. The number of halogens is 5. The average molecular weight is 669 g/mol. The standard InChI is InChI=1S/C19H12Cl3N3O2S.C8H3Cl2NO2/c20-11-4-7-13(8-5-11)28-16-9-6-12(10-23-16)24-19(27)25-18(26)17-14(21)2-1-3-15(17)22;9-5-2-1-3-6(10)7(5)8(13)11-4-12/h1-10H,(H2,24,25,26,27);1-3H. The number of pyridine rings is 1. The van der Waals surface area contributed by atoms with Gasteiger partial charge >= 0.3 is 6.03 Å². The summed E-state index contributed by atoms with van der Waals surface area (Å²) in [5.41, 5.74) is 0.485. The first kappa shape index (κ1) is 32.1. The Balaban J connectivity index is 0.000000298. The first-order valence-electron chi connectivity index (χ1n) is 11.1.